The smallest absolute Gasteiger partial charge is 0.194 e. The standard InChI is InChI=1S/C12H13F3O/c1-2-3-7-6-12(7,16)8-4-5-9(13)11(15)10(8)14/h4-5,7,16H,2-3,6H2,1H3. The Hall–Kier alpha value is -1.03. The van der Waals surface area contributed by atoms with E-state index in [9.17, 15) is 18.3 Å². The van der Waals surface area contributed by atoms with Crippen LogP contribution in [0, 0.1) is 23.4 Å². The zero-order chi connectivity index (χ0) is 11.9. The predicted molar refractivity (Wildman–Crippen MR) is 53.2 cm³/mol. The second-order valence-electron chi connectivity index (χ2n) is 4.34. The van der Waals surface area contributed by atoms with Gasteiger partial charge in [0.25, 0.3) is 0 Å². The first-order valence-corrected chi connectivity index (χ1v) is 5.37. The second kappa shape index (κ2) is 3.77. The van der Waals surface area contributed by atoms with Gasteiger partial charge in [-0.25, -0.2) is 13.2 Å². The molecular formula is C12H13F3O. The van der Waals surface area contributed by atoms with E-state index >= 15 is 0 Å². The maximum Gasteiger partial charge on any atom is 0.194 e. The Bertz CT molecular complexity index is 419. The molecule has 0 aliphatic heterocycles. The van der Waals surface area contributed by atoms with E-state index in [1.165, 1.54) is 0 Å². The first kappa shape index (κ1) is 11.5. The Kier molecular flexibility index (Phi) is 2.70. The number of rotatable bonds is 3. The van der Waals surface area contributed by atoms with Crippen molar-refractivity contribution in [1.82, 2.24) is 0 Å². The Morgan fingerprint density at radius 2 is 2.00 bits per heavy atom. The van der Waals surface area contributed by atoms with Crippen LogP contribution in [0.4, 0.5) is 13.2 Å². The summed E-state index contributed by atoms with van der Waals surface area (Å²) in [4.78, 5) is 0. The summed E-state index contributed by atoms with van der Waals surface area (Å²) < 4.78 is 39.2. The van der Waals surface area contributed by atoms with Gasteiger partial charge in [0.05, 0.1) is 5.60 Å². The summed E-state index contributed by atoms with van der Waals surface area (Å²) in [7, 11) is 0. The number of aliphatic hydroxyl groups is 1. The van der Waals surface area contributed by atoms with Crippen molar-refractivity contribution >= 4 is 0 Å². The third-order valence-electron chi connectivity index (χ3n) is 3.21. The first-order valence-electron chi connectivity index (χ1n) is 5.37. The van der Waals surface area contributed by atoms with E-state index in [2.05, 4.69) is 0 Å². The molecule has 0 amide bonds. The first-order chi connectivity index (χ1) is 7.50. The number of halogens is 3. The average molecular weight is 230 g/mol. The molecule has 2 atom stereocenters. The van der Waals surface area contributed by atoms with Crippen LogP contribution >= 0.6 is 0 Å². The SMILES string of the molecule is CCCC1CC1(O)c1ccc(F)c(F)c1F. The van der Waals surface area contributed by atoms with Gasteiger partial charge in [0, 0.05) is 5.56 Å². The van der Waals surface area contributed by atoms with Gasteiger partial charge < -0.3 is 5.11 Å². The summed E-state index contributed by atoms with van der Waals surface area (Å²) in [5, 5.41) is 10.1. The Balaban J connectivity index is 2.33. The molecule has 2 rings (SSSR count). The lowest BCUT2D eigenvalue weighted by Crippen LogP contribution is -2.13. The van der Waals surface area contributed by atoms with Gasteiger partial charge in [-0.05, 0) is 24.8 Å². The Labute approximate surface area is 91.9 Å². The molecule has 0 heterocycles. The number of hydrogen-bond donors (Lipinski definition) is 1. The van der Waals surface area contributed by atoms with Crippen LogP contribution in [0.5, 0.6) is 0 Å². The van der Waals surface area contributed by atoms with Crippen molar-refractivity contribution in [2.75, 3.05) is 0 Å². The Morgan fingerprint density at radius 1 is 1.31 bits per heavy atom. The van der Waals surface area contributed by atoms with Gasteiger partial charge >= 0.3 is 0 Å². The molecule has 4 heteroatoms. The molecule has 16 heavy (non-hydrogen) atoms. The van der Waals surface area contributed by atoms with Gasteiger partial charge in [0.1, 0.15) is 0 Å². The molecule has 0 radical (unpaired) electrons. The van der Waals surface area contributed by atoms with Crippen molar-refractivity contribution < 1.29 is 18.3 Å². The lowest BCUT2D eigenvalue weighted by Gasteiger charge is -2.12. The van der Waals surface area contributed by atoms with Gasteiger partial charge in [-0.3, -0.25) is 0 Å². The highest BCUT2D eigenvalue weighted by atomic mass is 19.2. The van der Waals surface area contributed by atoms with Crippen molar-refractivity contribution in [3.63, 3.8) is 0 Å². The van der Waals surface area contributed by atoms with Crippen molar-refractivity contribution in [2.24, 2.45) is 5.92 Å². The maximum absolute atomic E-state index is 13.4. The van der Waals surface area contributed by atoms with Crippen LogP contribution in [-0.4, -0.2) is 5.11 Å². The highest BCUT2D eigenvalue weighted by Crippen LogP contribution is 2.55. The molecule has 1 aliphatic rings. The quantitative estimate of drug-likeness (QED) is 0.791. The van der Waals surface area contributed by atoms with E-state index in [0.29, 0.717) is 6.42 Å². The minimum atomic E-state index is -1.51. The predicted octanol–water partition coefficient (Wildman–Crippen LogP) is 3.11. The van der Waals surface area contributed by atoms with Gasteiger partial charge in [0.15, 0.2) is 17.5 Å². The zero-order valence-corrected chi connectivity index (χ0v) is 8.93. The fourth-order valence-corrected chi connectivity index (χ4v) is 2.20. The average Bonchev–Trinajstić information content (AvgIpc) is 2.87. The van der Waals surface area contributed by atoms with E-state index in [1.807, 2.05) is 6.92 Å². The highest BCUT2D eigenvalue weighted by molar-refractivity contribution is 5.32. The lowest BCUT2D eigenvalue weighted by atomic mass is 10.0. The number of hydrogen-bond acceptors (Lipinski definition) is 1. The molecule has 0 saturated heterocycles. The van der Waals surface area contributed by atoms with Crippen LogP contribution < -0.4 is 0 Å². The Morgan fingerprint density at radius 3 is 2.62 bits per heavy atom. The molecule has 0 bridgehead atoms. The summed E-state index contributed by atoms with van der Waals surface area (Å²) in [6.07, 6.45) is 2.05. The molecule has 1 saturated carbocycles. The molecule has 1 aromatic rings. The molecule has 0 spiro atoms. The zero-order valence-electron chi connectivity index (χ0n) is 8.93. The van der Waals surface area contributed by atoms with E-state index in [0.717, 1.165) is 25.0 Å². The van der Waals surface area contributed by atoms with E-state index in [-0.39, 0.29) is 11.5 Å². The van der Waals surface area contributed by atoms with E-state index in [4.69, 9.17) is 0 Å². The van der Waals surface area contributed by atoms with Crippen molar-refractivity contribution in [3.8, 4) is 0 Å². The summed E-state index contributed by atoms with van der Waals surface area (Å²) in [5.74, 6) is -4.04. The number of benzene rings is 1. The normalized spacial score (nSPS) is 28.2. The molecule has 0 aromatic heterocycles. The summed E-state index contributed by atoms with van der Waals surface area (Å²) in [6.45, 7) is 1.96. The summed E-state index contributed by atoms with van der Waals surface area (Å²) in [6, 6.07) is 1.98. The molecule has 1 fully saturated rings. The van der Waals surface area contributed by atoms with Crippen LogP contribution in [0.1, 0.15) is 31.7 Å². The van der Waals surface area contributed by atoms with Crippen LogP contribution in [0.2, 0.25) is 0 Å². The molecular weight excluding hydrogens is 217 g/mol. The topological polar surface area (TPSA) is 20.2 Å². The van der Waals surface area contributed by atoms with Crippen molar-refractivity contribution in [2.45, 2.75) is 31.8 Å². The van der Waals surface area contributed by atoms with Crippen molar-refractivity contribution in [1.29, 1.82) is 0 Å². The van der Waals surface area contributed by atoms with E-state index in [1.54, 1.807) is 0 Å². The third kappa shape index (κ3) is 1.61. The molecule has 1 aliphatic carbocycles. The van der Waals surface area contributed by atoms with E-state index < -0.39 is 23.1 Å². The fourth-order valence-electron chi connectivity index (χ4n) is 2.20. The second-order valence-corrected chi connectivity index (χ2v) is 4.34. The third-order valence-corrected chi connectivity index (χ3v) is 3.21. The van der Waals surface area contributed by atoms with Crippen LogP contribution in [0.15, 0.2) is 12.1 Å². The van der Waals surface area contributed by atoms with Crippen LogP contribution in [0.25, 0.3) is 0 Å². The highest BCUT2D eigenvalue weighted by Gasteiger charge is 2.55. The van der Waals surface area contributed by atoms with Gasteiger partial charge in [-0.15, -0.1) is 0 Å². The van der Waals surface area contributed by atoms with Gasteiger partial charge in [0.2, 0.25) is 0 Å². The van der Waals surface area contributed by atoms with Gasteiger partial charge in [-0.2, -0.15) is 0 Å². The molecule has 88 valence electrons. The monoisotopic (exact) mass is 230 g/mol. The largest absolute Gasteiger partial charge is 0.385 e. The summed E-state index contributed by atoms with van der Waals surface area (Å²) >= 11 is 0. The summed E-state index contributed by atoms with van der Waals surface area (Å²) in [5.41, 5.74) is -1.42. The minimum absolute atomic E-state index is 0.0446. The van der Waals surface area contributed by atoms with Crippen LogP contribution in [0.3, 0.4) is 0 Å². The lowest BCUT2D eigenvalue weighted by molar-refractivity contribution is 0.123. The van der Waals surface area contributed by atoms with Crippen molar-refractivity contribution in [3.05, 3.63) is 35.1 Å². The van der Waals surface area contributed by atoms with Gasteiger partial charge in [-0.1, -0.05) is 19.4 Å². The molecule has 1 nitrogen and oxygen atoms in total. The van der Waals surface area contributed by atoms with Crippen LogP contribution in [-0.2, 0) is 5.60 Å². The fraction of sp³-hybridized carbons (Fsp3) is 0.500. The molecule has 1 N–H and O–H groups in total. The molecule has 1 aromatic carbocycles. The maximum atomic E-state index is 13.4. The minimum Gasteiger partial charge on any atom is -0.385 e. The molecule has 2 unspecified atom stereocenters.